The Kier molecular flexibility index (Phi) is 9.17. The number of aliphatic hydroxyl groups is 1. The summed E-state index contributed by atoms with van der Waals surface area (Å²) < 4.78 is 0. The molecule has 2 rings (SSSR count). The lowest BCUT2D eigenvalue weighted by molar-refractivity contribution is -0.137. The Morgan fingerprint density at radius 1 is 0.968 bits per heavy atom. The van der Waals surface area contributed by atoms with Crippen molar-refractivity contribution in [2.45, 2.75) is 45.3 Å². The summed E-state index contributed by atoms with van der Waals surface area (Å²) >= 11 is 0. The summed E-state index contributed by atoms with van der Waals surface area (Å²) in [7, 11) is 0. The minimum atomic E-state index is -1.25. The van der Waals surface area contributed by atoms with Crippen LogP contribution in [0.15, 0.2) is 48.5 Å². The van der Waals surface area contributed by atoms with Crippen molar-refractivity contribution in [2.75, 3.05) is 6.54 Å². The molecule has 0 aromatic heterocycles. The van der Waals surface area contributed by atoms with Crippen LogP contribution in [0.25, 0.3) is 11.1 Å². The van der Waals surface area contributed by atoms with Crippen LogP contribution < -0.4 is 16.1 Å². The minimum absolute atomic E-state index is 0.0505. The lowest BCUT2D eigenvalue weighted by Crippen LogP contribution is -2.51. The molecule has 0 saturated carbocycles. The van der Waals surface area contributed by atoms with Crippen LogP contribution in [0.2, 0.25) is 0 Å². The topological polar surface area (TPSA) is 128 Å². The van der Waals surface area contributed by atoms with Crippen LogP contribution in [0, 0.1) is 0 Å². The molecule has 0 saturated heterocycles. The fraction of sp³-hybridized carbons (Fsp3) is 0.348. The Labute approximate surface area is 181 Å². The molecule has 0 aliphatic heterocycles. The van der Waals surface area contributed by atoms with E-state index >= 15 is 0 Å². The van der Waals surface area contributed by atoms with Gasteiger partial charge in [0.15, 0.2) is 0 Å². The molecular formula is C23H29N3O5. The predicted octanol–water partition coefficient (Wildman–Crippen LogP) is 1.80. The molecule has 0 radical (unpaired) electrons. The molecule has 31 heavy (non-hydrogen) atoms. The quantitative estimate of drug-likeness (QED) is 0.224. The van der Waals surface area contributed by atoms with Crippen molar-refractivity contribution in [3.05, 3.63) is 59.7 Å². The number of hydrogen-bond donors (Lipinski definition) is 5. The monoisotopic (exact) mass is 427 g/mol. The highest BCUT2D eigenvalue weighted by Crippen LogP contribution is 2.20. The number of carbonyl (C=O) groups excluding carboxylic acids is 3. The van der Waals surface area contributed by atoms with Gasteiger partial charge in [-0.1, -0.05) is 43.3 Å². The maximum atomic E-state index is 12.3. The fourth-order valence-corrected chi connectivity index (χ4v) is 3.02. The first-order valence-electron chi connectivity index (χ1n) is 10.2. The van der Waals surface area contributed by atoms with E-state index in [0.717, 1.165) is 17.5 Å². The Morgan fingerprint density at radius 2 is 1.55 bits per heavy atom. The third-order valence-corrected chi connectivity index (χ3v) is 4.90. The second kappa shape index (κ2) is 11.8. The summed E-state index contributed by atoms with van der Waals surface area (Å²) in [5.41, 5.74) is 5.30. The Hall–Kier alpha value is -3.23. The van der Waals surface area contributed by atoms with Crippen molar-refractivity contribution in [2.24, 2.45) is 0 Å². The van der Waals surface area contributed by atoms with Gasteiger partial charge in [0, 0.05) is 18.5 Å². The van der Waals surface area contributed by atoms with Gasteiger partial charge in [-0.05, 0) is 48.6 Å². The van der Waals surface area contributed by atoms with Crippen molar-refractivity contribution in [1.82, 2.24) is 16.1 Å². The van der Waals surface area contributed by atoms with E-state index < -0.39 is 24.0 Å². The number of amides is 3. The van der Waals surface area contributed by atoms with E-state index in [4.69, 9.17) is 5.21 Å². The summed E-state index contributed by atoms with van der Waals surface area (Å²) in [4.78, 5) is 35.6. The average molecular weight is 428 g/mol. The molecule has 0 fully saturated rings. The fourth-order valence-electron chi connectivity index (χ4n) is 3.02. The molecule has 3 amide bonds. The highest BCUT2D eigenvalue weighted by Gasteiger charge is 2.24. The van der Waals surface area contributed by atoms with Gasteiger partial charge in [0.05, 0.1) is 6.10 Å². The van der Waals surface area contributed by atoms with Gasteiger partial charge in [0.25, 0.3) is 11.8 Å². The van der Waals surface area contributed by atoms with Gasteiger partial charge >= 0.3 is 0 Å². The number of benzene rings is 2. The average Bonchev–Trinajstić information content (AvgIpc) is 2.79. The zero-order valence-corrected chi connectivity index (χ0v) is 17.7. The van der Waals surface area contributed by atoms with E-state index in [1.54, 1.807) is 12.1 Å². The maximum Gasteiger partial charge on any atom is 0.268 e. The zero-order chi connectivity index (χ0) is 22.8. The molecule has 8 heteroatoms. The summed E-state index contributed by atoms with van der Waals surface area (Å²) in [5, 5.41) is 23.2. The van der Waals surface area contributed by atoms with Crippen molar-refractivity contribution < 1.29 is 24.7 Å². The number of hydrogen-bond acceptors (Lipinski definition) is 5. The van der Waals surface area contributed by atoms with Crippen LogP contribution in [-0.2, 0) is 16.0 Å². The van der Waals surface area contributed by atoms with E-state index in [2.05, 4.69) is 41.8 Å². The molecule has 0 bridgehead atoms. The summed E-state index contributed by atoms with van der Waals surface area (Å²) in [6.45, 7) is 3.71. The number of nitrogens with one attached hydrogen (secondary N) is 3. The van der Waals surface area contributed by atoms with Crippen molar-refractivity contribution in [1.29, 1.82) is 0 Å². The molecule has 0 heterocycles. The second-order valence-corrected chi connectivity index (χ2v) is 7.25. The molecule has 2 atom stereocenters. The number of aryl methyl sites for hydroxylation is 1. The molecule has 2 aromatic rings. The first-order chi connectivity index (χ1) is 14.8. The minimum Gasteiger partial charge on any atom is -0.391 e. The zero-order valence-electron chi connectivity index (χ0n) is 17.7. The lowest BCUT2D eigenvalue weighted by Gasteiger charge is -2.19. The van der Waals surface area contributed by atoms with Crippen LogP contribution in [0.3, 0.4) is 0 Å². The first-order valence-corrected chi connectivity index (χ1v) is 10.2. The SMILES string of the molecule is CCc1ccc(-c2ccc(C(=O)NCCCC(=O)N[C@H](C(=O)NO)[C@@H](C)O)cc2)cc1. The molecule has 0 spiro atoms. The first kappa shape index (κ1) is 24.0. The molecule has 0 aliphatic carbocycles. The van der Waals surface area contributed by atoms with Crippen LogP contribution in [0.5, 0.6) is 0 Å². The molecular weight excluding hydrogens is 398 g/mol. The number of rotatable bonds is 10. The molecule has 2 aromatic carbocycles. The van der Waals surface area contributed by atoms with E-state index in [1.165, 1.54) is 18.0 Å². The van der Waals surface area contributed by atoms with Crippen LogP contribution in [0.1, 0.15) is 42.6 Å². The van der Waals surface area contributed by atoms with Crippen molar-refractivity contribution in [3.8, 4) is 11.1 Å². The molecule has 5 N–H and O–H groups in total. The standard InChI is InChI=1S/C23H29N3O5/c1-3-16-6-8-17(9-7-16)18-10-12-19(13-11-18)22(29)24-14-4-5-20(28)25-21(15(2)27)23(30)26-31/h6-13,15,21,27,31H,3-5,14H2,1-2H3,(H,24,29)(H,25,28)(H,26,30)/t15-,21+/m1/s1. The highest BCUT2D eigenvalue weighted by molar-refractivity contribution is 5.94. The van der Waals surface area contributed by atoms with Gasteiger partial charge in [-0.25, -0.2) is 5.48 Å². The number of hydroxylamine groups is 1. The van der Waals surface area contributed by atoms with E-state index in [-0.39, 0.29) is 18.9 Å². The molecule has 0 aliphatic rings. The van der Waals surface area contributed by atoms with Gasteiger partial charge in [0.1, 0.15) is 6.04 Å². The Balaban J connectivity index is 1.79. The summed E-state index contributed by atoms with van der Waals surface area (Å²) in [6, 6.07) is 14.4. The van der Waals surface area contributed by atoms with Crippen LogP contribution in [-0.4, -0.2) is 46.7 Å². The maximum absolute atomic E-state index is 12.3. The normalized spacial score (nSPS) is 12.5. The Bertz CT molecular complexity index is 879. The predicted molar refractivity (Wildman–Crippen MR) is 116 cm³/mol. The number of carbonyl (C=O) groups is 3. The second-order valence-electron chi connectivity index (χ2n) is 7.25. The molecule has 0 unspecified atom stereocenters. The molecule has 8 nitrogen and oxygen atoms in total. The van der Waals surface area contributed by atoms with Gasteiger partial charge in [-0.2, -0.15) is 0 Å². The van der Waals surface area contributed by atoms with Crippen LogP contribution >= 0.6 is 0 Å². The third-order valence-electron chi connectivity index (χ3n) is 4.90. The summed E-state index contributed by atoms with van der Waals surface area (Å²) in [6.07, 6.45) is 0.227. The van der Waals surface area contributed by atoms with Gasteiger partial charge in [-0.15, -0.1) is 0 Å². The third kappa shape index (κ3) is 7.20. The van der Waals surface area contributed by atoms with Crippen molar-refractivity contribution in [3.63, 3.8) is 0 Å². The van der Waals surface area contributed by atoms with Gasteiger partial charge in [0.2, 0.25) is 5.91 Å². The van der Waals surface area contributed by atoms with Gasteiger partial charge in [-0.3, -0.25) is 19.6 Å². The lowest BCUT2D eigenvalue weighted by atomic mass is 10.0. The van der Waals surface area contributed by atoms with Crippen LogP contribution in [0.4, 0.5) is 0 Å². The smallest absolute Gasteiger partial charge is 0.268 e. The molecule has 166 valence electrons. The van der Waals surface area contributed by atoms with E-state index in [1.807, 2.05) is 12.1 Å². The van der Waals surface area contributed by atoms with E-state index in [0.29, 0.717) is 12.0 Å². The largest absolute Gasteiger partial charge is 0.391 e. The van der Waals surface area contributed by atoms with Crippen molar-refractivity contribution >= 4 is 17.7 Å². The van der Waals surface area contributed by atoms with Gasteiger partial charge < -0.3 is 15.7 Å². The number of aliphatic hydroxyl groups excluding tert-OH is 1. The van der Waals surface area contributed by atoms with E-state index in [9.17, 15) is 19.5 Å². The Morgan fingerprint density at radius 3 is 2.06 bits per heavy atom. The highest BCUT2D eigenvalue weighted by atomic mass is 16.5. The summed E-state index contributed by atoms with van der Waals surface area (Å²) in [5.74, 6) is -1.61.